The van der Waals surface area contributed by atoms with Crippen LogP contribution in [-0.4, -0.2) is 31.6 Å². The molecule has 1 aliphatic rings. The lowest BCUT2D eigenvalue weighted by Gasteiger charge is -2.22. The van der Waals surface area contributed by atoms with Crippen LogP contribution in [0.15, 0.2) is 0 Å². The number of carbonyl (C=O) groups is 1. The van der Waals surface area contributed by atoms with Crippen LogP contribution < -0.4 is 16.4 Å². The fraction of sp³-hybridized carbons (Fsp3) is 0.900. The highest BCUT2D eigenvalue weighted by Gasteiger charge is 2.19. The van der Waals surface area contributed by atoms with E-state index in [1.807, 2.05) is 0 Å². The van der Waals surface area contributed by atoms with Crippen LogP contribution in [-0.2, 0) is 4.79 Å². The zero-order valence-corrected chi connectivity index (χ0v) is 8.72. The number of carbonyl (C=O) groups excluding carboxylic acids is 1. The molecule has 1 saturated heterocycles. The van der Waals surface area contributed by atoms with E-state index in [1.54, 1.807) is 0 Å². The van der Waals surface area contributed by atoms with E-state index >= 15 is 0 Å². The van der Waals surface area contributed by atoms with Gasteiger partial charge in [-0.15, -0.1) is 0 Å². The Morgan fingerprint density at radius 1 is 1.43 bits per heavy atom. The topological polar surface area (TPSA) is 67.1 Å². The zero-order chi connectivity index (χ0) is 10.2. The molecule has 1 unspecified atom stereocenters. The van der Waals surface area contributed by atoms with Gasteiger partial charge in [0.05, 0.1) is 6.04 Å². The standard InChI is InChI=1S/C10H21N3O/c11-6-2-4-8-13-10(14)9-5-1-3-7-12-9/h9,12H,1-8,11H2,(H,13,14). The SMILES string of the molecule is NCCCCNC(=O)C1CCCCN1. The number of unbranched alkanes of at least 4 members (excludes halogenated alkanes) is 1. The number of hydrogen-bond acceptors (Lipinski definition) is 3. The molecule has 0 saturated carbocycles. The van der Waals surface area contributed by atoms with Crippen LogP contribution in [0.3, 0.4) is 0 Å². The number of amides is 1. The monoisotopic (exact) mass is 199 g/mol. The highest BCUT2D eigenvalue weighted by Crippen LogP contribution is 2.06. The second-order valence-electron chi connectivity index (χ2n) is 3.79. The van der Waals surface area contributed by atoms with Gasteiger partial charge >= 0.3 is 0 Å². The van der Waals surface area contributed by atoms with Crippen molar-refractivity contribution in [1.29, 1.82) is 0 Å². The summed E-state index contributed by atoms with van der Waals surface area (Å²) < 4.78 is 0. The minimum atomic E-state index is 0.0432. The predicted octanol–water partition coefficient (Wildman–Crippen LogP) is -0.0164. The van der Waals surface area contributed by atoms with Gasteiger partial charge < -0.3 is 16.4 Å². The zero-order valence-electron chi connectivity index (χ0n) is 8.72. The van der Waals surface area contributed by atoms with Gasteiger partial charge in [0.2, 0.25) is 5.91 Å². The number of piperidine rings is 1. The summed E-state index contributed by atoms with van der Waals surface area (Å²) in [6, 6.07) is 0.0432. The molecule has 1 rings (SSSR count). The van der Waals surface area contributed by atoms with Gasteiger partial charge in [0.1, 0.15) is 0 Å². The molecule has 4 nitrogen and oxygen atoms in total. The van der Waals surface area contributed by atoms with Crippen LogP contribution in [0.5, 0.6) is 0 Å². The van der Waals surface area contributed by atoms with Gasteiger partial charge in [-0.1, -0.05) is 6.42 Å². The van der Waals surface area contributed by atoms with Gasteiger partial charge in [0, 0.05) is 6.54 Å². The highest BCUT2D eigenvalue weighted by atomic mass is 16.2. The molecule has 82 valence electrons. The first-order valence-electron chi connectivity index (χ1n) is 5.56. The van der Waals surface area contributed by atoms with Crippen molar-refractivity contribution in [2.45, 2.75) is 38.1 Å². The van der Waals surface area contributed by atoms with Crippen molar-refractivity contribution < 1.29 is 4.79 Å². The van der Waals surface area contributed by atoms with E-state index in [1.165, 1.54) is 6.42 Å². The van der Waals surface area contributed by atoms with Crippen molar-refractivity contribution in [3.05, 3.63) is 0 Å². The summed E-state index contributed by atoms with van der Waals surface area (Å²) in [5, 5.41) is 6.15. The molecule has 1 heterocycles. The average Bonchev–Trinajstić information content (AvgIpc) is 2.25. The molecule has 1 fully saturated rings. The van der Waals surface area contributed by atoms with Crippen molar-refractivity contribution in [3.8, 4) is 0 Å². The van der Waals surface area contributed by atoms with Crippen molar-refractivity contribution in [2.24, 2.45) is 5.73 Å². The Balaban J connectivity index is 2.07. The molecule has 0 aromatic carbocycles. The largest absolute Gasteiger partial charge is 0.355 e. The van der Waals surface area contributed by atoms with Gasteiger partial charge in [-0.25, -0.2) is 0 Å². The summed E-state index contributed by atoms with van der Waals surface area (Å²) in [6.45, 7) is 2.44. The summed E-state index contributed by atoms with van der Waals surface area (Å²) in [6.07, 6.45) is 5.29. The Bertz CT molecular complexity index is 167. The second-order valence-corrected chi connectivity index (χ2v) is 3.79. The number of hydrogen-bond donors (Lipinski definition) is 3. The first kappa shape index (κ1) is 11.5. The molecule has 14 heavy (non-hydrogen) atoms. The van der Waals surface area contributed by atoms with Gasteiger partial charge in [-0.3, -0.25) is 4.79 Å². The maximum Gasteiger partial charge on any atom is 0.237 e. The first-order chi connectivity index (χ1) is 6.84. The van der Waals surface area contributed by atoms with Crippen molar-refractivity contribution >= 4 is 5.91 Å². The summed E-state index contributed by atoms with van der Waals surface area (Å²) in [5.74, 6) is 0.154. The Kier molecular flexibility index (Phi) is 5.56. The molecule has 0 aromatic heterocycles. The lowest BCUT2D eigenvalue weighted by Crippen LogP contribution is -2.46. The Labute approximate surface area is 85.6 Å². The van der Waals surface area contributed by atoms with Gasteiger partial charge in [0.15, 0.2) is 0 Å². The summed E-state index contributed by atoms with van der Waals surface area (Å²) in [5.41, 5.74) is 5.36. The lowest BCUT2D eigenvalue weighted by atomic mass is 10.0. The van der Waals surface area contributed by atoms with Gasteiger partial charge in [-0.05, 0) is 38.8 Å². The smallest absolute Gasteiger partial charge is 0.237 e. The van der Waals surface area contributed by atoms with Crippen LogP contribution in [0.2, 0.25) is 0 Å². The third-order valence-electron chi connectivity index (χ3n) is 2.56. The number of nitrogens with two attached hydrogens (primary N) is 1. The predicted molar refractivity (Wildman–Crippen MR) is 56.9 cm³/mol. The Morgan fingerprint density at radius 2 is 2.29 bits per heavy atom. The molecule has 0 radical (unpaired) electrons. The van der Waals surface area contributed by atoms with Crippen LogP contribution in [0.1, 0.15) is 32.1 Å². The second kappa shape index (κ2) is 6.79. The van der Waals surface area contributed by atoms with Crippen molar-refractivity contribution in [1.82, 2.24) is 10.6 Å². The number of nitrogens with one attached hydrogen (secondary N) is 2. The molecule has 1 aliphatic heterocycles. The van der Waals surface area contributed by atoms with Gasteiger partial charge in [-0.2, -0.15) is 0 Å². The van der Waals surface area contributed by atoms with Crippen molar-refractivity contribution in [3.63, 3.8) is 0 Å². The van der Waals surface area contributed by atoms with E-state index in [9.17, 15) is 4.79 Å². The van der Waals surface area contributed by atoms with E-state index in [2.05, 4.69) is 10.6 Å². The third-order valence-corrected chi connectivity index (χ3v) is 2.56. The molecular weight excluding hydrogens is 178 g/mol. The molecule has 0 aliphatic carbocycles. The summed E-state index contributed by atoms with van der Waals surface area (Å²) >= 11 is 0. The molecule has 1 amide bonds. The van der Waals surface area contributed by atoms with E-state index in [0.717, 1.165) is 38.8 Å². The van der Waals surface area contributed by atoms with Crippen LogP contribution >= 0.6 is 0 Å². The van der Waals surface area contributed by atoms with Crippen LogP contribution in [0, 0.1) is 0 Å². The summed E-state index contributed by atoms with van der Waals surface area (Å²) in [7, 11) is 0. The Hall–Kier alpha value is -0.610. The minimum absolute atomic E-state index is 0.0432. The van der Waals surface area contributed by atoms with E-state index in [4.69, 9.17) is 5.73 Å². The number of rotatable bonds is 5. The highest BCUT2D eigenvalue weighted by molar-refractivity contribution is 5.81. The molecular formula is C10H21N3O. The van der Waals surface area contributed by atoms with Crippen molar-refractivity contribution in [2.75, 3.05) is 19.6 Å². The molecule has 4 N–H and O–H groups in total. The maximum atomic E-state index is 11.6. The molecule has 0 bridgehead atoms. The van der Waals surface area contributed by atoms with Gasteiger partial charge in [0.25, 0.3) is 0 Å². The fourth-order valence-electron chi connectivity index (χ4n) is 1.68. The maximum absolute atomic E-state index is 11.6. The summed E-state index contributed by atoms with van der Waals surface area (Å²) in [4.78, 5) is 11.6. The quantitative estimate of drug-likeness (QED) is 0.545. The minimum Gasteiger partial charge on any atom is -0.355 e. The normalized spacial score (nSPS) is 21.9. The molecule has 0 aromatic rings. The lowest BCUT2D eigenvalue weighted by molar-refractivity contribution is -0.123. The Morgan fingerprint density at radius 3 is 2.93 bits per heavy atom. The van der Waals surface area contributed by atoms with E-state index in [0.29, 0.717) is 6.54 Å². The van der Waals surface area contributed by atoms with Crippen LogP contribution in [0.4, 0.5) is 0 Å². The van der Waals surface area contributed by atoms with Crippen LogP contribution in [0.25, 0.3) is 0 Å². The molecule has 4 heteroatoms. The molecule has 1 atom stereocenters. The fourth-order valence-corrected chi connectivity index (χ4v) is 1.68. The van der Waals surface area contributed by atoms with E-state index in [-0.39, 0.29) is 11.9 Å². The third kappa shape index (κ3) is 4.07. The molecule has 0 spiro atoms. The van der Waals surface area contributed by atoms with E-state index < -0.39 is 0 Å². The average molecular weight is 199 g/mol. The first-order valence-corrected chi connectivity index (χ1v) is 5.56.